The van der Waals surface area contributed by atoms with Crippen molar-refractivity contribution in [2.45, 2.75) is 24.5 Å². The zero-order valence-electron chi connectivity index (χ0n) is 15.8. The predicted octanol–water partition coefficient (Wildman–Crippen LogP) is 3.86. The number of para-hydroxylation sites is 1. The lowest BCUT2D eigenvalue weighted by Gasteiger charge is -2.19. The van der Waals surface area contributed by atoms with Gasteiger partial charge in [-0.15, -0.1) is 10.2 Å². The summed E-state index contributed by atoms with van der Waals surface area (Å²) in [6, 6.07) is 18.0. The molecule has 0 saturated carbocycles. The van der Waals surface area contributed by atoms with E-state index < -0.39 is 6.04 Å². The van der Waals surface area contributed by atoms with Gasteiger partial charge in [-0.3, -0.25) is 9.36 Å². The first-order valence-electron chi connectivity index (χ1n) is 8.96. The van der Waals surface area contributed by atoms with Gasteiger partial charge in [0.15, 0.2) is 5.16 Å². The minimum atomic E-state index is -0.591. The molecular formula is C20H20N6O2S. The van der Waals surface area contributed by atoms with Crippen molar-refractivity contribution >= 4 is 29.3 Å². The fourth-order valence-electron chi connectivity index (χ4n) is 2.72. The van der Waals surface area contributed by atoms with E-state index in [1.54, 1.807) is 28.8 Å². The molecule has 29 heavy (non-hydrogen) atoms. The van der Waals surface area contributed by atoms with Gasteiger partial charge in [-0.1, -0.05) is 36.9 Å². The molecule has 0 spiro atoms. The standard InChI is InChI=1S/C20H20N6O2S/c1-2-17(26-19(22)24-25-20(26)29-13-12-21)18(27)23-14-8-10-16(11-9-14)28-15-6-4-3-5-7-15/h3-11,17H,2,13H2,1H3,(H2,22,24)(H,23,27). The first-order valence-corrected chi connectivity index (χ1v) is 9.95. The van der Waals surface area contributed by atoms with Crippen LogP contribution in [-0.2, 0) is 4.79 Å². The van der Waals surface area contributed by atoms with Gasteiger partial charge in [0, 0.05) is 5.69 Å². The molecule has 1 heterocycles. The van der Waals surface area contributed by atoms with Crippen LogP contribution in [0.1, 0.15) is 19.4 Å². The van der Waals surface area contributed by atoms with Crippen molar-refractivity contribution in [3.05, 3.63) is 54.6 Å². The summed E-state index contributed by atoms with van der Waals surface area (Å²) >= 11 is 1.19. The van der Waals surface area contributed by atoms with Crippen LogP contribution in [0.25, 0.3) is 0 Å². The molecule has 0 aliphatic carbocycles. The Kier molecular flexibility index (Phi) is 6.71. The number of amides is 1. The molecule has 0 fully saturated rings. The Morgan fingerprint density at radius 3 is 2.55 bits per heavy atom. The topological polar surface area (TPSA) is 119 Å². The van der Waals surface area contributed by atoms with E-state index in [1.807, 2.05) is 43.3 Å². The first kappa shape index (κ1) is 20.2. The van der Waals surface area contributed by atoms with E-state index in [2.05, 4.69) is 15.5 Å². The lowest BCUT2D eigenvalue weighted by molar-refractivity contribution is -0.119. The number of nitriles is 1. The second kappa shape index (κ2) is 9.61. The third-order valence-corrected chi connectivity index (χ3v) is 4.87. The quantitative estimate of drug-likeness (QED) is 0.543. The molecule has 3 aromatic rings. The third kappa shape index (κ3) is 5.06. The summed E-state index contributed by atoms with van der Waals surface area (Å²) in [7, 11) is 0. The van der Waals surface area contributed by atoms with Crippen LogP contribution in [-0.4, -0.2) is 26.4 Å². The van der Waals surface area contributed by atoms with Crippen molar-refractivity contribution in [2.24, 2.45) is 0 Å². The monoisotopic (exact) mass is 408 g/mol. The molecule has 2 aromatic carbocycles. The molecule has 1 aromatic heterocycles. The van der Waals surface area contributed by atoms with Gasteiger partial charge in [-0.25, -0.2) is 0 Å². The van der Waals surface area contributed by atoms with Crippen molar-refractivity contribution in [1.82, 2.24) is 14.8 Å². The predicted molar refractivity (Wildman–Crippen MR) is 112 cm³/mol. The summed E-state index contributed by atoms with van der Waals surface area (Å²) in [6.07, 6.45) is 0.489. The van der Waals surface area contributed by atoms with Gasteiger partial charge < -0.3 is 15.8 Å². The largest absolute Gasteiger partial charge is 0.457 e. The van der Waals surface area contributed by atoms with E-state index in [9.17, 15) is 4.79 Å². The molecule has 0 aliphatic heterocycles. The maximum atomic E-state index is 12.8. The van der Waals surface area contributed by atoms with Crippen LogP contribution in [0.3, 0.4) is 0 Å². The van der Waals surface area contributed by atoms with Gasteiger partial charge >= 0.3 is 0 Å². The van der Waals surface area contributed by atoms with Crippen LogP contribution in [0.4, 0.5) is 11.6 Å². The highest BCUT2D eigenvalue weighted by Gasteiger charge is 2.25. The SMILES string of the molecule is CCC(C(=O)Nc1ccc(Oc2ccccc2)cc1)n1c(N)nnc1SCC#N. The number of rotatable bonds is 8. The zero-order chi connectivity index (χ0) is 20.6. The van der Waals surface area contributed by atoms with Gasteiger partial charge in [0.25, 0.3) is 0 Å². The fraction of sp³-hybridized carbons (Fsp3) is 0.200. The van der Waals surface area contributed by atoms with Gasteiger partial charge in [-0.2, -0.15) is 5.26 Å². The molecule has 1 unspecified atom stereocenters. The minimum absolute atomic E-state index is 0.138. The molecule has 3 rings (SSSR count). The number of nitrogens with two attached hydrogens (primary N) is 1. The summed E-state index contributed by atoms with van der Waals surface area (Å²) in [6.45, 7) is 1.87. The number of carbonyl (C=O) groups is 1. The normalized spacial score (nSPS) is 11.4. The van der Waals surface area contributed by atoms with E-state index in [1.165, 1.54) is 11.8 Å². The van der Waals surface area contributed by atoms with Gasteiger partial charge in [-0.05, 0) is 42.8 Å². The molecular weight excluding hydrogens is 388 g/mol. The highest BCUT2D eigenvalue weighted by Crippen LogP contribution is 2.27. The number of nitrogen functional groups attached to an aromatic ring is 1. The fourth-order valence-corrected chi connectivity index (χ4v) is 3.37. The lowest BCUT2D eigenvalue weighted by atomic mass is 10.2. The molecule has 3 N–H and O–H groups in total. The Morgan fingerprint density at radius 1 is 1.21 bits per heavy atom. The smallest absolute Gasteiger partial charge is 0.247 e. The molecule has 0 bridgehead atoms. The third-order valence-electron chi connectivity index (χ3n) is 4.06. The van der Waals surface area contributed by atoms with Crippen LogP contribution < -0.4 is 15.8 Å². The van der Waals surface area contributed by atoms with E-state index in [-0.39, 0.29) is 17.6 Å². The van der Waals surface area contributed by atoms with E-state index >= 15 is 0 Å². The highest BCUT2D eigenvalue weighted by atomic mass is 32.2. The number of nitrogens with one attached hydrogen (secondary N) is 1. The van der Waals surface area contributed by atoms with Crippen molar-refractivity contribution in [2.75, 3.05) is 16.8 Å². The van der Waals surface area contributed by atoms with Crippen molar-refractivity contribution in [1.29, 1.82) is 5.26 Å². The molecule has 0 saturated heterocycles. The Hall–Kier alpha value is -3.51. The zero-order valence-corrected chi connectivity index (χ0v) is 16.6. The molecule has 0 aliphatic rings. The van der Waals surface area contributed by atoms with E-state index in [4.69, 9.17) is 15.7 Å². The maximum Gasteiger partial charge on any atom is 0.247 e. The summed E-state index contributed by atoms with van der Waals surface area (Å²) < 4.78 is 7.32. The number of aromatic nitrogens is 3. The van der Waals surface area contributed by atoms with Gasteiger partial charge in [0.05, 0.1) is 11.8 Å². The van der Waals surface area contributed by atoms with E-state index in [0.29, 0.717) is 23.0 Å². The molecule has 148 valence electrons. The highest BCUT2D eigenvalue weighted by molar-refractivity contribution is 7.99. The number of hydrogen-bond donors (Lipinski definition) is 2. The Balaban J connectivity index is 1.70. The molecule has 1 amide bonds. The number of ether oxygens (including phenoxy) is 1. The number of hydrogen-bond acceptors (Lipinski definition) is 7. The number of nitrogens with zero attached hydrogens (tertiary/aromatic N) is 4. The van der Waals surface area contributed by atoms with Crippen LogP contribution >= 0.6 is 11.8 Å². The number of carbonyl (C=O) groups excluding carboxylic acids is 1. The van der Waals surface area contributed by atoms with Crippen molar-refractivity contribution in [3.8, 4) is 17.6 Å². The second-order valence-electron chi connectivity index (χ2n) is 6.01. The summed E-state index contributed by atoms with van der Waals surface area (Å²) in [5.41, 5.74) is 6.54. The van der Waals surface area contributed by atoms with Crippen LogP contribution in [0.15, 0.2) is 59.8 Å². The Bertz CT molecular complexity index is 998. The first-order chi connectivity index (χ1) is 14.1. The van der Waals surface area contributed by atoms with Crippen LogP contribution in [0, 0.1) is 11.3 Å². The molecule has 8 nitrogen and oxygen atoms in total. The number of thioether (sulfide) groups is 1. The minimum Gasteiger partial charge on any atom is -0.457 e. The molecule has 1 atom stereocenters. The molecule has 9 heteroatoms. The average molecular weight is 408 g/mol. The summed E-state index contributed by atoms with van der Waals surface area (Å²) in [5, 5.41) is 19.9. The second-order valence-corrected chi connectivity index (χ2v) is 6.95. The van der Waals surface area contributed by atoms with Crippen molar-refractivity contribution < 1.29 is 9.53 Å². The Labute approximate surface area is 172 Å². The number of anilines is 2. The maximum absolute atomic E-state index is 12.8. The van der Waals surface area contributed by atoms with Gasteiger partial charge in [0.1, 0.15) is 17.5 Å². The van der Waals surface area contributed by atoms with Crippen molar-refractivity contribution in [3.63, 3.8) is 0 Å². The summed E-state index contributed by atoms with van der Waals surface area (Å²) in [5.74, 6) is 1.49. The lowest BCUT2D eigenvalue weighted by Crippen LogP contribution is -2.27. The van der Waals surface area contributed by atoms with E-state index in [0.717, 1.165) is 5.75 Å². The average Bonchev–Trinajstić information content (AvgIpc) is 3.09. The summed E-state index contributed by atoms with van der Waals surface area (Å²) in [4.78, 5) is 12.8. The van der Waals surface area contributed by atoms with Crippen LogP contribution in [0.5, 0.6) is 11.5 Å². The Morgan fingerprint density at radius 2 is 1.90 bits per heavy atom. The number of benzene rings is 2. The van der Waals surface area contributed by atoms with Gasteiger partial charge in [0.2, 0.25) is 11.9 Å². The molecule has 0 radical (unpaired) electrons. The van der Waals surface area contributed by atoms with Crippen LogP contribution in [0.2, 0.25) is 0 Å².